The molecule has 0 radical (unpaired) electrons. The van der Waals surface area contributed by atoms with Crippen LogP contribution in [-0.4, -0.2) is 63.7 Å². The zero-order chi connectivity index (χ0) is 22.6. The topological polar surface area (TPSA) is 134 Å². The molecule has 0 aromatic carbocycles. The van der Waals surface area contributed by atoms with Crippen LogP contribution in [0.15, 0.2) is 0 Å². The first kappa shape index (κ1) is 27.8. The van der Waals surface area contributed by atoms with E-state index in [0.717, 1.165) is 84.1 Å². The molecule has 1 atom stereocenters. The molecule has 182 valence electrons. The summed E-state index contributed by atoms with van der Waals surface area (Å²) in [6.45, 7) is 6.03. The Bertz CT molecular complexity index is 457. The number of unbranched alkanes of at least 4 members (excludes halogenated alkanes) is 2. The molecule has 1 aliphatic rings. The number of amides is 2. The van der Waals surface area contributed by atoms with Crippen LogP contribution < -0.4 is 32.7 Å². The third-order valence-electron chi connectivity index (χ3n) is 5.90. The lowest BCUT2D eigenvalue weighted by atomic mass is 9.88. The van der Waals surface area contributed by atoms with E-state index in [-0.39, 0.29) is 17.7 Å². The minimum Gasteiger partial charge on any atom is -0.356 e. The molecule has 8 heteroatoms. The minimum absolute atomic E-state index is 0.0743. The SMILES string of the molecule is NCCCNCCCCNCCCNC(=O)[C@H](N)CCCCNC(=O)C1CCCCC1. The van der Waals surface area contributed by atoms with Crippen LogP contribution >= 0.6 is 0 Å². The van der Waals surface area contributed by atoms with Crippen molar-refractivity contribution in [3.05, 3.63) is 0 Å². The summed E-state index contributed by atoms with van der Waals surface area (Å²) in [4.78, 5) is 24.1. The van der Waals surface area contributed by atoms with Gasteiger partial charge in [0.1, 0.15) is 0 Å². The average Bonchev–Trinajstić information content (AvgIpc) is 2.79. The van der Waals surface area contributed by atoms with Crippen molar-refractivity contribution >= 4 is 11.8 Å². The van der Waals surface area contributed by atoms with Gasteiger partial charge in [0.25, 0.3) is 0 Å². The largest absolute Gasteiger partial charge is 0.356 e. The summed E-state index contributed by atoms with van der Waals surface area (Å²) in [7, 11) is 0. The van der Waals surface area contributed by atoms with Crippen molar-refractivity contribution in [2.45, 2.75) is 83.1 Å². The number of carbonyl (C=O) groups excluding carboxylic acids is 2. The second-order valence-corrected chi connectivity index (χ2v) is 8.72. The Labute approximate surface area is 189 Å². The average molecular weight is 441 g/mol. The Kier molecular flexibility index (Phi) is 17.5. The van der Waals surface area contributed by atoms with Crippen LogP contribution in [0.2, 0.25) is 0 Å². The number of carbonyl (C=O) groups is 2. The first-order valence-electron chi connectivity index (χ1n) is 12.6. The summed E-state index contributed by atoms with van der Waals surface area (Å²) in [5.74, 6) is 0.337. The van der Waals surface area contributed by atoms with Crippen LogP contribution in [0, 0.1) is 5.92 Å². The van der Waals surface area contributed by atoms with Crippen molar-refractivity contribution in [3.8, 4) is 0 Å². The van der Waals surface area contributed by atoms with E-state index in [1.165, 1.54) is 19.3 Å². The molecule has 1 fully saturated rings. The predicted molar refractivity (Wildman–Crippen MR) is 128 cm³/mol. The van der Waals surface area contributed by atoms with Crippen molar-refractivity contribution < 1.29 is 9.59 Å². The monoisotopic (exact) mass is 440 g/mol. The van der Waals surface area contributed by atoms with E-state index in [2.05, 4.69) is 21.3 Å². The van der Waals surface area contributed by atoms with Gasteiger partial charge in [0.2, 0.25) is 11.8 Å². The van der Waals surface area contributed by atoms with E-state index in [1.54, 1.807) is 0 Å². The highest BCUT2D eigenvalue weighted by Gasteiger charge is 2.20. The van der Waals surface area contributed by atoms with Gasteiger partial charge in [-0.05, 0) is 90.5 Å². The summed E-state index contributed by atoms with van der Waals surface area (Å²) in [6, 6.07) is -0.464. The van der Waals surface area contributed by atoms with Gasteiger partial charge in [-0.25, -0.2) is 0 Å². The summed E-state index contributed by atoms with van der Waals surface area (Å²) in [5.41, 5.74) is 11.4. The molecule has 0 saturated heterocycles. The molecule has 0 heterocycles. The van der Waals surface area contributed by atoms with Crippen molar-refractivity contribution in [2.24, 2.45) is 17.4 Å². The standard InChI is InChI=1S/C23H48N6O2/c24-13-8-16-26-14-6-7-15-27-17-9-19-29-23(31)21(25)12-4-5-18-28-22(30)20-10-2-1-3-11-20/h20-21,26-27H,1-19,24-25H2,(H,28,30)(H,29,31)/t21-/m1/s1. The van der Waals surface area contributed by atoms with Crippen LogP contribution in [0.1, 0.15) is 77.0 Å². The molecule has 0 aromatic heterocycles. The van der Waals surface area contributed by atoms with E-state index in [4.69, 9.17) is 11.5 Å². The lowest BCUT2D eigenvalue weighted by Crippen LogP contribution is -2.41. The highest BCUT2D eigenvalue weighted by molar-refractivity contribution is 5.81. The number of nitrogens with two attached hydrogens (primary N) is 2. The van der Waals surface area contributed by atoms with Gasteiger partial charge in [-0.2, -0.15) is 0 Å². The Morgan fingerprint density at radius 3 is 2.00 bits per heavy atom. The van der Waals surface area contributed by atoms with E-state index in [9.17, 15) is 9.59 Å². The van der Waals surface area contributed by atoms with Gasteiger partial charge in [0.05, 0.1) is 6.04 Å². The second-order valence-electron chi connectivity index (χ2n) is 8.72. The summed E-state index contributed by atoms with van der Waals surface area (Å²) >= 11 is 0. The molecular weight excluding hydrogens is 392 g/mol. The smallest absolute Gasteiger partial charge is 0.236 e. The van der Waals surface area contributed by atoms with Crippen molar-refractivity contribution in [3.63, 3.8) is 0 Å². The van der Waals surface area contributed by atoms with Gasteiger partial charge in [-0.15, -0.1) is 0 Å². The van der Waals surface area contributed by atoms with E-state index >= 15 is 0 Å². The van der Waals surface area contributed by atoms with E-state index in [1.807, 2.05) is 0 Å². The fourth-order valence-corrected chi connectivity index (χ4v) is 3.87. The molecule has 0 unspecified atom stereocenters. The highest BCUT2D eigenvalue weighted by atomic mass is 16.2. The van der Waals surface area contributed by atoms with E-state index in [0.29, 0.717) is 19.5 Å². The maximum atomic E-state index is 12.1. The normalized spacial score (nSPS) is 15.5. The third kappa shape index (κ3) is 15.3. The molecule has 1 saturated carbocycles. The molecule has 0 spiro atoms. The number of rotatable bonds is 19. The fraction of sp³-hybridized carbons (Fsp3) is 0.913. The fourth-order valence-electron chi connectivity index (χ4n) is 3.87. The minimum atomic E-state index is -0.464. The van der Waals surface area contributed by atoms with Crippen molar-refractivity contribution in [2.75, 3.05) is 45.8 Å². The summed E-state index contributed by atoms with van der Waals surface area (Å²) in [5, 5.41) is 12.7. The Morgan fingerprint density at radius 1 is 0.742 bits per heavy atom. The molecule has 1 rings (SSSR count). The van der Waals surface area contributed by atoms with Gasteiger partial charge < -0.3 is 32.7 Å². The van der Waals surface area contributed by atoms with Crippen molar-refractivity contribution in [1.29, 1.82) is 0 Å². The lowest BCUT2D eigenvalue weighted by Gasteiger charge is -2.20. The van der Waals surface area contributed by atoms with Crippen LogP contribution in [0.5, 0.6) is 0 Å². The van der Waals surface area contributed by atoms with E-state index < -0.39 is 6.04 Å². The quantitative estimate of drug-likeness (QED) is 0.166. The van der Waals surface area contributed by atoms with Crippen LogP contribution in [0.4, 0.5) is 0 Å². The lowest BCUT2D eigenvalue weighted by molar-refractivity contribution is -0.126. The van der Waals surface area contributed by atoms with Gasteiger partial charge in [-0.3, -0.25) is 9.59 Å². The van der Waals surface area contributed by atoms with Gasteiger partial charge in [0, 0.05) is 19.0 Å². The first-order chi connectivity index (χ1) is 15.1. The zero-order valence-electron chi connectivity index (χ0n) is 19.6. The molecule has 0 aliphatic heterocycles. The van der Waals surface area contributed by atoms with Gasteiger partial charge in [-0.1, -0.05) is 19.3 Å². The Morgan fingerprint density at radius 2 is 1.32 bits per heavy atom. The maximum Gasteiger partial charge on any atom is 0.236 e. The van der Waals surface area contributed by atoms with Crippen LogP contribution in [0.3, 0.4) is 0 Å². The maximum absolute atomic E-state index is 12.1. The van der Waals surface area contributed by atoms with Crippen LogP contribution in [-0.2, 0) is 9.59 Å². The first-order valence-corrected chi connectivity index (χ1v) is 12.6. The number of nitrogens with one attached hydrogen (secondary N) is 4. The molecule has 0 aromatic rings. The Hall–Kier alpha value is -1.22. The molecule has 0 bridgehead atoms. The molecule has 31 heavy (non-hydrogen) atoms. The molecule has 2 amide bonds. The van der Waals surface area contributed by atoms with Crippen LogP contribution in [0.25, 0.3) is 0 Å². The van der Waals surface area contributed by atoms with Crippen molar-refractivity contribution in [1.82, 2.24) is 21.3 Å². The highest BCUT2D eigenvalue weighted by Crippen LogP contribution is 2.23. The number of hydrogen-bond acceptors (Lipinski definition) is 6. The summed E-state index contributed by atoms with van der Waals surface area (Å²) < 4.78 is 0. The number of hydrogen-bond donors (Lipinski definition) is 6. The van der Waals surface area contributed by atoms with Gasteiger partial charge in [0.15, 0.2) is 0 Å². The predicted octanol–water partition coefficient (Wildman–Crippen LogP) is 0.995. The van der Waals surface area contributed by atoms with Gasteiger partial charge >= 0.3 is 0 Å². The molecule has 1 aliphatic carbocycles. The second kappa shape index (κ2) is 19.5. The summed E-state index contributed by atoms with van der Waals surface area (Å²) in [6.07, 6.45) is 12.3. The Balaban J connectivity index is 1.87. The molecule has 8 nitrogen and oxygen atoms in total. The third-order valence-corrected chi connectivity index (χ3v) is 5.90. The zero-order valence-corrected chi connectivity index (χ0v) is 19.6. The molecule has 8 N–H and O–H groups in total. The molecular formula is C23H48N6O2.